The highest BCUT2D eigenvalue weighted by atomic mass is 16.2. The van der Waals surface area contributed by atoms with Crippen molar-refractivity contribution in [3.63, 3.8) is 0 Å². The number of hydrogen-bond acceptors (Lipinski definition) is 2. The van der Waals surface area contributed by atoms with Crippen LogP contribution in [0.25, 0.3) is 10.9 Å². The average Bonchev–Trinajstić information content (AvgIpc) is 2.87. The minimum atomic E-state index is -0.604. The van der Waals surface area contributed by atoms with Gasteiger partial charge in [-0.3, -0.25) is 4.79 Å². The molecule has 0 spiro atoms. The van der Waals surface area contributed by atoms with Crippen molar-refractivity contribution in [2.24, 2.45) is 5.73 Å². The molecule has 0 fully saturated rings. The standard InChI is InChI=1S/C16H19N3O/c1-2-6-14(17)16(20)18-10-5-11-19-12-9-13-7-3-4-8-15(13)19/h1,3-4,7-9,12,14H,5-6,10-11,17H2,(H,18,20). The molecule has 1 atom stereocenters. The number of amides is 1. The molecule has 2 rings (SSSR count). The van der Waals surface area contributed by atoms with Crippen molar-refractivity contribution in [3.05, 3.63) is 36.5 Å². The SMILES string of the molecule is C#CCC(N)C(=O)NCCCn1ccc2ccccc21. The number of para-hydroxylation sites is 1. The van der Waals surface area contributed by atoms with Crippen LogP contribution in [0.1, 0.15) is 12.8 Å². The maximum atomic E-state index is 11.6. The Morgan fingerprint density at radius 3 is 3.00 bits per heavy atom. The molecule has 0 saturated carbocycles. The number of terminal acetylenes is 1. The van der Waals surface area contributed by atoms with Crippen LogP contribution in [0.15, 0.2) is 36.5 Å². The van der Waals surface area contributed by atoms with Crippen molar-refractivity contribution in [2.45, 2.75) is 25.4 Å². The first-order valence-electron chi connectivity index (χ1n) is 6.73. The van der Waals surface area contributed by atoms with Crippen molar-refractivity contribution in [1.82, 2.24) is 9.88 Å². The molecule has 1 aromatic carbocycles. The fourth-order valence-electron chi connectivity index (χ4n) is 2.15. The minimum absolute atomic E-state index is 0.180. The summed E-state index contributed by atoms with van der Waals surface area (Å²) in [4.78, 5) is 11.6. The predicted molar refractivity (Wildman–Crippen MR) is 81.0 cm³/mol. The zero-order valence-corrected chi connectivity index (χ0v) is 11.4. The van der Waals surface area contributed by atoms with E-state index in [9.17, 15) is 4.79 Å². The van der Waals surface area contributed by atoms with E-state index in [1.807, 2.05) is 12.1 Å². The quantitative estimate of drug-likeness (QED) is 0.616. The van der Waals surface area contributed by atoms with Gasteiger partial charge in [-0.25, -0.2) is 0 Å². The van der Waals surface area contributed by atoms with E-state index in [4.69, 9.17) is 12.2 Å². The summed E-state index contributed by atoms with van der Waals surface area (Å²) in [5.74, 6) is 2.21. The molecule has 20 heavy (non-hydrogen) atoms. The molecular formula is C16H19N3O. The lowest BCUT2D eigenvalue weighted by Gasteiger charge is -2.10. The summed E-state index contributed by atoms with van der Waals surface area (Å²) in [6.45, 7) is 1.46. The molecule has 0 aliphatic heterocycles. The molecule has 2 aromatic rings. The summed E-state index contributed by atoms with van der Waals surface area (Å²) < 4.78 is 2.18. The lowest BCUT2D eigenvalue weighted by molar-refractivity contribution is -0.122. The first-order valence-corrected chi connectivity index (χ1v) is 6.73. The van der Waals surface area contributed by atoms with Gasteiger partial charge in [0.2, 0.25) is 5.91 Å². The zero-order valence-electron chi connectivity index (χ0n) is 11.4. The second kappa shape index (κ2) is 6.78. The number of carbonyl (C=O) groups is 1. The van der Waals surface area contributed by atoms with Crippen LogP contribution < -0.4 is 11.1 Å². The van der Waals surface area contributed by atoms with Gasteiger partial charge in [-0.05, 0) is 23.9 Å². The summed E-state index contributed by atoms with van der Waals surface area (Å²) >= 11 is 0. The molecule has 104 valence electrons. The van der Waals surface area contributed by atoms with Gasteiger partial charge >= 0.3 is 0 Å². The summed E-state index contributed by atoms with van der Waals surface area (Å²) in [6.07, 6.45) is 8.32. The zero-order chi connectivity index (χ0) is 14.4. The lowest BCUT2D eigenvalue weighted by Crippen LogP contribution is -2.40. The van der Waals surface area contributed by atoms with Crippen molar-refractivity contribution in [3.8, 4) is 12.3 Å². The van der Waals surface area contributed by atoms with Crippen LogP contribution in [0.2, 0.25) is 0 Å². The molecule has 0 bridgehead atoms. The summed E-state index contributed by atoms with van der Waals surface area (Å²) in [7, 11) is 0. The molecule has 3 N–H and O–H groups in total. The fraction of sp³-hybridized carbons (Fsp3) is 0.312. The Morgan fingerprint density at radius 2 is 2.20 bits per heavy atom. The van der Waals surface area contributed by atoms with E-state index in [2.05, 4.69) is 40.2 Å². The Balaban J connectivity index is 1.79. The number of nitrogens with zero attached hydrogens (tertiary/aromatic N) is 1. The number of benzene rings is 1. The molecule has 1 amide bonds. The number of carbonyl (C=O) groups excluding carboxylic acids is 1. The van der Waals surface area contributed by atoms with E-state index in [1.54, 1.807) is 0 Å². The number of aryl methyl sites for hydroxylation is 1. The van der Waals surface area contributed by atoms with E-state index < -0.39 is 6.04 Å². The second-order valence-corrected chi connectivity index (χ2v) is 4.73. The average molecular weight is 269 g/mol. The van der Waals surface area contributed by atoms with Crippen molar-refractivity contribution in [2.75, 3.05) is 6.54 Å². The molecule has 0 aliphatic carbocycles. The third-order valence-electron chi connectivity index (χ3n) is 3.23. The molecule has 1 unspecified atom stereocenters. The summed E-state index contributed by atoms with van der Waals surface area (Å²) in [6, 6.07) is 9.73. The first kappa shape index (κ1) is 14.2. The Morgan fingerprint density at radius 1 is 1.40 bits per heavy atom. The number of nitrogens with two attached hydrogens (primary N) is 1. The number of nitrogens with one attached hydrogen (secondary N) is 1. The van der Waals surface area contributed by atoms with Gasteiger partial charge in [0.05, 0.1) is 6.04 Å². The maximum absolute atomic E-state index is 11.6. The molecule has 0 aliphatic rings. The normalized spacial score (nSPS) is 12.0. The Labute approximate surface area is 119 Å². The highest BCUT2D eigenvalue weighted by Crippen LogP contribution is 2.15. The minimum Gasteiger partial charge on any atom is -0.355 e. The molecular weight excluding hydrogens is 250 g/mol. The second-order valence-electron chi connectivity index (χ2n) is 4.73. The molecule has 1 heterocycles. The Bertz CT molecular complexity index is 624. The van der Waals surface area contributed by atoms with Crippen LogP contribution in [-0.2, 0) is 11.3 Å². The van der Waals surface area contributed by atoms with Crippen LogP contribution in [-0.4, -0.2) is 23.1 Å². The van der Waals surface area contributed by atoms with E-state index in [0.717, 1.165) is 13.0 Å². The highest BCUT2D eigenvalue weighted by Gasteiger charge is 2.10. The number of fused-ring (bicyclic) bond motifs is 1. The van der Waals surface area contributed by atoms with Crippen molar-refractivity contribution < 1.29 is 4.79 Å². The Kier molecular flexibility index (Phi) is 4.80. The van der Waals surface area contributed by atoms with Gasteiger partial charge in [0, 0.05) is 31.2 Å². The van der Waals surface area contributed by atoms with Gasteiger partial charge in [0.1, 0.15) is 0 Å². The molecule has 1 aromatic heterocycles. The lowest BCUT2D eigenvalue weighted by atomic mass is 10.2. The van der Waals surface area contributed by atoms with Crippen LogP contribution >= 0.6 is 0 Å². The van der Waals surface area contributed by atoms with Crippen LogP contribution in [0, 0.1) is 12.3 Å². The van der Waals surface area contributed by atoms with E-state index in [-0.39, 0.29) is 12.3 Å². The summed E-state index contributed by atoms with van der Waals surface area (Å²) in [5, 5.41) is 4.03. The first-order chi connectivity index (χ1) is 9.72. The molecule has 0 radical (unpaired) electrons. The fourth-order valence-corrected chi connectivity index (χ4v) is 2.15. The van der Waals surface area contributed by atoms with Gasteiger partial charge in [-0.15, -0.1) is 12.3 Å². The van der Waals surface area contributed by atoms with E-state index in [0.29, 0.717) is 6.54 Å². The third-order valence-corrected chi connectivity index (χ3v) is 3.23. The molecule has 4 heteroatoms. The van der Waals surface area contributed by atoms with Crippen LogP contribution in [0.3, 0.4) is 0 Å². The van der Waals surface area contributed by atoms with Crippen molar-refractivity contribution >= 4 is 16.8 Å². The predicted octanol–water partition coefficient (Wildman–Crippen LogP) is 1.50. The monoisotopic (exact) mass is 269 g/mol. The molecule has 4 nitrogen and oxygen atoms in total. The summed E-state index contributed by atoms with van der Waals surface area (Å²) in [5.41, 5.74) is 6.83. The van der Waals surface area contributed by atoms with Gasteiger partial charge in [0.15, 0.2) is 0 Å². The van der Waals surface area contributed by atoms with E-state index in [1.165, 1.54) is 10.9 Å². The number of rotatable bonds is 6. The number of hydrogen-bond donors (Lipinski definition) is 2. The third kappa shape index (κ3) is 3.40. The van der Waals surface area contributed by atoms with Gasteiger partial charge in [0.25, 0.3) is 0 Å². The topological polar surface area (TPSA) is 60.1 Å². The number of aromatic nitrogens is 1. The van der Waals surface area contributed by atoms with Gasteiger partial charge in [-0.1, -0.05) is 18.2 Å². The smallest absolute Gasteiger partial charge is 0.237 e. The maximum Gasteiger partial charge on any atom is 0.237 e. The van der Waals surface area contributed by atoms with Gasteiger partial charge < -0.3 is 15.6 Å². The highest BCUT2D eigenvalue weighted by molar-refractivity contribution is 5.81. The van der Waals surface area contributed by atoms with E-state index >= 15 is 0 Å². The van der Waals surface area contributed by atoms with Crippen molar-refractivity contribution in [1.29, 1.82) is 0 Å². The van der Waals surface area contributed by atoms with Crippen LogP contribution in [0.4, 0.5) is 0 Å². The Hall–Kier alpha value is -2.25. The molecule has 0 saturated heterocycles. The largest absolute Gasteiger partial charge is 0.355 e. The van der Waals surface area contributed by atoms with Crippen LogP contribution in [0.5, 0.6) is 0 Å². The van der Waals surface area contributed by atoms with Gasteiger partial charge in [-0.2, -0.15) is 0 Å².